The lowest BCUT2D eigenvalue weighted by atomic mass is 9.55. The molecule has 0 saturated carbocycles. The fourth-order valence-corrected chi connectivity index (χ4v) is 10.8. The van der Waals surface area contributed by atoms with Gasteiger partial charge in [0.15, 0.2) is 0 Å². The molecule has 0 aromatic heterocycles. The molecule has 1 nitrogen and oxygen atoms in total. The van der Waals surface area contributed by atoms with Gasteiger partial charge in [0, 0.05) is 27.8 Å². The summed E-state index contributed by atoms with van der Waals surface area (Å²) in [5.74, 6) is 0. The zero-order valence-electron chi connectivity index (χ0n) is 32.3. The first-order chi connectivity index (χ1) is 27.3. The zero-order valence-corrected chi connectivity index (χ0v) is 32.3. The van der Waals surface area contributed by atoms with E-state index in [-0.39, 0.29) is 10.8 Å². The van der Waals surface area contributed by atoms with E-state index in [9.17, 15) is 0 Å². The molecule has 1 heteroatoms. The minimum Gasteiger partial charge on any atom is -0.310 e. The third-order valence-electron chi connectivity index (χ3n) is 13.3. The molecule has 3 aliphatic carbocycles. The highest BCUT2D eigenvalue weighted by atomic mass is 15.1. The van der Waals surface area contributed by atoms with Crippen molar-refractivity contribution in [1.82, 2.24) is 0 Å². The SMILES string of the molecule is CC1(C)c2ccccc2C2(c3ccccc3-c3ccccc32)c2ccc(-c3cccc(N(c4ccccc4)c4cccc5c4-c4ccccc4C5(C)C)c3)cc21. The van der Waals surface area contributed by atoms with Gasteiger partial charge in [0.25, 0.3) is 0 Å². The summed E-state index contributed by atoms with van der Waals surface area (Å²) < 4.78 is 0. The topological polar surface area (TPSA) is 3.24 Å². The maximum Gasteiger partial charge on any atom is 0.0719 e. The standard InChI is InChI=1S/C55H43N/c1-53(2)43-25-11-10-24-42(43)52-49(53)30-17-31-51(52)56(38-19-6-5-7-20-38)39-21-16-18-36(34-39)37-32-33-48-50(35-37)54(3,4)46-28-14-15-29-47(46)55(48)44-26-12-8-22-40(44)41-23-9-13-27-45(41)55/h5-35H,1-4H3. The van der Waals surface area contributed by atoms with Gasteiger partial charge in [-0.15, -0.1) is 0 Å². The second-order valence-corrected chi connectivity index (χ2v) is 16.9. The van der Waals surface area contributed by atoms with Crippen molar-refractivity contribution in [3.63, 3.8) is 0 Å². The molecule has 0 fully saturated rings. The lowest BCUT2D eigenvalue weighted by Gasteiger charge is -2.46. The van der Waals surface area contributed by atoms with Crippen molar-refractivity contribution in [2.45, 2.75) is 43.9 Å². The molecule has 0 amide bonds. The molecule has 0 bridgehead atoms. The Morgan fingerprint density at radius 3 is 1.54 bits per heavy atom. The molecule has 0 atom stereocenters. The fraction of sp³-hybridized carbons (Fsp3) is 0.127. The van der Waals surface area contributed by atoms with Crippen molar-refractivity contribution in [2.24, 2.45) is 0 Å². The first kappa shape index (κ1) is 32.9. The number of benzene rings is 8. The summed E-state index contributed by atoms with van der Waals surface area (Å²) in [5.41, 5.74) is 21.6. The van der Waals surface area contributed by atoms with Crippen molar-refractivity contribution in [2.75, 3.05) is 4.90 Å². The van der Waals surface area contributed by atoms with Crippen molar-refractivity contribution in [3.8, 4) is 33.4 Å². The van der Waals surface area contributed by atoms with Crippen LogP contribution in [0.3, 0.4) is 0 Å². The van der Waals surface area contributed by atoms with Gasteiger partial charge in [0.1, 0.15) is 0 Å². The summed E-state index contributed by atoms with van der Waals surface area (Å²) in [6.07, 6.45) is 0. The molecule has 1 spiro atoms. The first-order valence-electron chi connectivity index (χ1n) is 19.9. The summed E-state index contributed by atoms with van der Waals surface area (Å²) in [4.78, 5) is 2.46. The molecule has 11 rings (SSSR count). The van der Waals surface area contributed by atoms with Gasteiger partial charge in [0.05, 0.1) is 11.1 Å². The molecule has 56 heavy (non-hydrogen) atoms. The Bertz CT molecular complexity index is 2830. The first-order valence-corrected chi connectivity index (χ1v) is 19.9. The van der Waals surface area contributed by atoms with Gasteiger partial charge in [-0.3, -0.25) is 0 Å². The summed E-state index contributed by atoms with van der Waals surface area (Å²) in [7, 11) is 0. The summed E-state index contributed by atoms with van der Waals surface area (Å²) in [6.45, 7) is 9.55. The molecular formula is C55H43N. The van der Waals surface area contributed by atoms with E-state index in [1.165, 1.54) is 83.6 Å². The molecule has 0 N–H and O–H groups in total. The normalized spacial score (nSPS) is 15.6. The van der Waals surface area contributed by atoms with Gasteiger partial charge >= 0.3 is 0 Å². The van der Waals surface area contributed by atoms with Crippen LogP contribution in [-0.4, -0.2) is 0 Å². The number of hydrogen-bond acceptors (Lipinski definition) is 1. The van der Waals surface area contributed by atoms with Crippen LogP contribution < -0.4 is 4.90 Å². The van der Waals surface area contributed by atoms with Crippen LogP contribution in [0.1, 0.15) is 72.2 Å². The van der Waals surface area contributed by atoms with Crippen LogP contribution in [0.15, 0.2) is 188 Å². The van der Waals surface area contributed by atoms with Gasteiger partial charge < -0.3 is 4.90 Å². The van der Waals surface area contributed by atoms with Crippen LogP contribution in [0.25, 0.3) is 33.4 Å². The number of hydrogen-bond donors (Lipinski definition) is 0. The third kappa shape index (κ3) is 4.32. The van der Waals surface area contributed by atoms with Gasteiger partial charge in [-0.2, -0.15) is 0 Å². The van der Waals surface area contributed by atoms with E-state index in [1.807, 2.05) is 0 Å². The van der Waals surface area contributed by atoms with Crippen molar-refractivity contribution < 1.29 is 0 Å². The molecule has 0 aliphatic heterocycles. The smallest absolute Gasteiger partial charge is 0.0719 e. The maximum atomic E-state index is 2.50. The highest BCUT2D eigenvalue weighted by Gasteiger charge is 2.53. The molecule has 0 saturated heterocycles. The molecule has 0 unspecified atom stereocenters. The highest BCUT2D eigenvalue weighted by molar-refractivity contribution is 5.95. The zero-order chi connectivity index (χ0) is 37.8. The summed E-state index contributed by atoms with van der Waals surface area (Å²) in [6, 6.07) is 70.5. The number of nitrogens with zero attached hydrogens (tertiary/aromatic N) is 1. The summed E-state index contributed by atoms with van der Waals surface area (Å²) in [5, 5.41) is 0. The highest BCUT2D eigenvalue weighted by Crippen LogP contribution is 2.62. The Kier molecular flexibility index (Phi) is 6.93. The van der Waals surface area contributed by atoms with Crippen LogP contribution in [0.2, 0.25) is 0 Å². The Hall–Kier alpha value is -6.44. The van der Waals surface area contributed by atoms with E-state index < -0.39 is 5.41 Å². The predicted molar refractivity (Wildman–Crippen MR) is 234 cm³/mol. The van der Waals surface area contributed by atoms with E-state index in [0.717, 1.165) is 11.4 Å². The molecule has 268 valence electrons. The second kappa shape index (κ2) is 11.8. The number of anilines is 3. The van der Waals surface area contributed by atoms with E-state index in [2.05, 4.69) is 221 Å². The van der Waals surface area contributed by atoms with E-state index >= 15 is 0 Å². The van der Waals surface area contributed by atoms with Gasteiger partial charge in [-0.25, -0.2) is 0 Å². The van der Waals surface area contributed by atoms with Gasteiger partial charge in [-0.05, 0) is 109 Å². The Morgan fingerprint density at radius 2 is 0.821 bits per heavy atom. The van der Waals surface area contributed by atoms with E-state index in [1.54, 1.807) is 0 Å². The average Bonchev–Trinajstić information content (AvgIpc) is 3.67. The van der Waals surface area contributed by atoms with Gasteiger partial charge in [0.2, 0.25) is 0 Å². The van der Waals surface area contributed by atoms with Crippen LogP contribution in [0, 0.1) is 0 Å². The minimum atomic E-state index is -0.392. The van der Waals surface area contributed by atoms with Crippen molar-refractivity contribution in [3.05, 3.63) is 233 Å². The molecular weight excluding hydrogens is 675 g/mol. The Balaban J connectivity index is 1.12. The quantitative estimate of drug-likeness (QED) is 0.175. The lowest BCUT2D eigenvalue weighted by Crippen LogP contribution is -2.40. The van der Waals surface area contributed by atoms with Crippen LogP contribution in [0.5, 0.6) is 0 Å². The summed E-state index contributed by atoms with van der Waals surface area (Å²) >= 11 is 0. The van der Waals surface area contributed by atoms with Crippen molar-refractivity contribution >= 4 is 17.1 Å². The predicted octanol–water partition coefficient (Wildman–Crippen LogP) is 14.1. The second-order valence-electron chi connectivity index (χ2n) is 16.9. The van der Waals surface area contributed by atoms with Crippen LogP contribution >= 0.6 is 0 Å². The van der Waals surface area contributed by atoms with Crippen LogP contribution in [-0.2, 0) is 16.2 Å². The van der Waals surface area contributed by atoms with E-state index in [4.69, 9.17) is 0 Å². The van der Waals surface area contributed by atoms with E-state index in [0.29, 0.717) is 0 Å². The number of fused-ring (bicyclic) bond motifs is 12. The lowest BCUT2D eigenvalue weighted by molar-refractivity contribution is 0.563. The molecule has 8 aromatic rings. The van der Waals surface area contributed by atoms with Gasteiger partial charge in [-0.1, -0.05) is 179 Å². The monoisotopic (exact) mass is 717 g/mol. The molecule has 3 aliphatic rings. The Labute approximate surface area is 330 Å². The molecule has 0 radical (unpaired) electrons. The largest absolute Gasteiger partial charge is 0.310 e. The average molecular weight is 718 g/mol. The molecule has 8 aromatic carbocycles. The minimum absolute atomic E-state index is 0.0849. The Morgan fingerprint density at radius 1 is 0.321 bits per heavy atom. The fourth-order valence-electron chi connectivity index (χ4n) is 10.8. The van der Waals surface area contributed by atoms with Crippen molar-refractivity contribution in [1.29, 1.82) is 0 Å². The molecule has 0 heterocycles. The van der Waals surface area contributed by atoms with Crippen LogP contribution in [0.4, 0.5) is 17.1 Å². The number of rotatable bonds is 4. The third-order valence-corrected chi connectivity index (χ3v) is 13.3. The number of para-hydroxylation sites is 1. The maximum absolute atomic E-state index is 2.50.